The van der Waals surface area contributed by atoms with Gasteiger partial charge >= 0.3 is 0 Å². The number of hydrogen-bond donors (Lipinski definition) is 1. The van der Waals surface area contributed by atoms with Crippen molar-refractivity contribution in [2.75, 3.05) is 5.32 Å². The van der Waals surface area contributed by atoms with Crippen molar-refractivity contribution in [1.29, 1.82) is 0 Å². The molecule has 102 valence electrons. The topological polar surface area (TPSA) is 80.7 Å². The third-order valence-corrected chi connectivity index (χ3v) is 3.35. The molecule has 2 atom stereocenters. The standard InChI is InChI=1S/C13H12ClN5O/c1-7-2-3-15-12(17-7)9-5-10(9)13(20)18-11-4-8(14)6-16-19-11/h2-4,6,9-10H,5H2,1H3,(H,18,19,20)/t9?,10-/m0/s1. The highest BCUT2D eigenvalue weighted by Gasteiger charge is 2.46. The van der Waals surface area contributed by atoms with E-state index in [-0.39, 0.29) is 17.7 Å². The molecule has 1 amide bonds. The third-order valence-electron chi connectivity index (χ3n) is 3.14. The Bertz CT molecular complexity index is 663. The number of amides is 1. The van der Waals surface area contributed by atoms with Crippen molar-refractivity contribution in [1.82, 2.24) is 20.2 Å². The molecule has 0 aliphatic heterocycles. The highest BCUT2D eigenvalue weighted by Crippen LogP contribution is 2.46. The zero-order valence-corrected chi connectivity index (χ0v) is 11.5. The lowest BCUT2D eigenvalue weighted by Crippen LogP contribution is -2.16. The maximum Gasteiger partial charge on any atom is 0.229 e. The molecule has 1 saturated carbocycles. The predicted octanol–water partition coefficient (Wildman–Crippen LogP) is 1.97. The number of aromatic nitrogens is 4. The van der Waals surface area contributed by atoms with Crippen molar-refractivity contribution in [2.45, 2.75) is 19.3 Å². The Hall–Kier alpha value is -2.08. The van der Waals surface area contributed by atoms with Gasteiger partial charge in [0.1, 0.15) is 5.82 Å². The van der Waals surface area contributed by atoms with Crippen LogP contribution in [0.2, 0.25) is 5.02 Å². The number of anilines is 1. The molecule has 1 aliphatic rings. The molecule has 1 N–H and O–H groups in total. The molecule has 3 rings (SSSR count). The first-order valence-corrected chi connectivity index (χ1v) is 6.60. The van der Waals surface area contributed by atoms with Crippen molar-refractivity contribution >= 4 is 23.3 Å². The van der Waals surface area contributed by atoms with E-state index in [2.05, 4.69) is 25.5 Å². The molecule has 2 aromatic rings. The summed E-state index contributed by atoms with van der Waals surface area (Å²) < 4.78 is 0. The number of aryl methyl sites for hydroxylation is 1. The first-order chi connectivity index (χ1) is 9.63. The number of nitrogens with one attached hydrogen (secondary N) is 1. The van der Waals surface area contributed by atoms with Gasteiger partial charge in [0.15, 0.2) is 5.82 Å². The van der Waals surface area contributed by atoms with E-state index in [9.17, 15) is 4.79 Å². The van der Waals surface area contributed by atoms with Gasteiger partial charge in [-0.1, -0.05) is 11.6 Å². The minimum atomic E-state index is -0.113. The Kier molecular flexibility index (Phi) is 3.31. The smallest absolute Gasteiger partial charge is 0.229 e. The van der Waals surface area contributed by atoms with Gasteiger partial charge < -0.3 is 5.32 Å². The fraction of sp³-hybridized carbons (Fsp3) is 0.308. The molecule has 0 radical (unpaired) electrons. The van der Waals surface area contributed by atoms with Crippen molar-refractivity contribution < 1.29 is 4.79 Å². The van der Waals surface area contributed by atoms with Crippen LogP contribution in [0.3, 0.4) is 0 Å². The van der Waals surface area contributed by atoms with Crippen LogP contribution >= 0.6 is 11.6 Å². The molecule has 0 bridgehead atoms. The third kappa shape index (κ3) is 2.75. The van der Waals surface area contributed by atoms with E-state index in [0.717, 1.165) is 17.9 Å². The summed E-state index contributed by atoms with van der Waals surface area (Å²) >= 11 is 5.79. The summed E-state index contributed by atoms with van der Waals surface area (Å²) in [6, 6.07) is 3.40. The molecular formula is C13H12ClN5O. The molecule has 20 heavy (non-hydrogen) atoms. The van der Waals surface area contributed by atoms with Crippen LogP contribution in [0, 0.1) is 12.8 Å². The van der Waals surface area contributed by atoms with Crippen LogP contribution in [-0.2, 0) is 4.79 Å². The second-order valence-corrected chi connectivity index (χ2v) is 5.19. The summed E-state index contributed by atoms with van der Waals surface area (Å²) in [6.45, 7) is 1.91. The monoisotopic (exact) mass is 289 g/mol. The van der Waals surface area contributed by atoms with Crippen molar-refractivity contribution in [3.05, 3.63) is 41.1 Å². The number of rotatable bonds is 3. The summed E-state index contributed by atoms with van der Waals surface area (Å²) in [7, 11) is 0. The van der Waals surface area contributed by atoms with Crippen molar-refractivity contribution in [3.8, 4) is 0 Å². The first-order valence-electron chi connectivity index (χ1n) is 6.22. The number of hydrogen-bond acceptors (Lipinski definition) is 5. The molecule has 2 heterocycles. The average molecular weight is 290 g/mol. The van der Waals surface area contributed by atoms with Gasteiger partial charge in [0, 0.05) is 29.8 Å². The number of carbonyl (C=O) groups is 1. The summed E-state index contributed by atoms with van der Waals surface area (Å²) in [5.74, 6) is 0.955. The second kappa shape index (κ2) is 5.13. The first kappa shape index (κ1) is 12.9. The van der Waals surface area contributed by atoms with Crippen LogP contribution in [0.15, 0.2) is 24.5 Å². The van der Waals surface area contributed by atoms with E-state index in [4.69, 9.17) is 11.6 Å². The molecule has 0 spiro atoms. The predicted molar refractivity (Wildman–Crippen MR) is 73.3 cm³/mol. The number of halogens is 1. The van der Waals surface area contributed by atoms with E-state index in [0.29, 0.717) is 10.8 Å². The number of nitrogens with zero attached hydrogens (tertiary/aromatic N) is 4. The van der Waals surface area contributed by atoms with Gasteiger partial charge in [-0.2, -0.15) is 5.10 Å². The van der Waals surface area contributed by atoms with E-state index in [1.807, 2.05) is 13.0 Å². The molecule has 2 aromatic heterocycles. The fourth-order valence-electron chi connectivity index (χ4n) is 2.04. The second-order valence-electron chi connectivity index (χ2n) is 4.75. The molecule has 1 aliphatic carbocycles. The average Bonchev–Trinajstić information content (AvgIpc) is 3.19. The van der Waals surface area contributed by atoms with Crippen LogP contribution in [0.1, 0.15) is 23.9 Å². The van der Waals surface area contributed by atoms with E-state index in [1.54, 1.807) is 12.3 Å². The molecular weight excluding hydrogens is 278 g/mol. The maximum absolute atomic E-state index is 12.1. The highest BCUT2D eigenvalue weighted by atomic mass is 35.5. The van der Waals surface area contributed by atoms with Gasteiger partial charge in [-0.15, -0.1) is 5.10 Å². The van der Waals surface area contributed by atoms with Crippen LogP contribution in [-0.4, -0.2) is 26.1 Å². The Morgan fingerprint density at radius 1 is 1.50 bits per heavy atom. The van der Waals surface area contributed by atoms with Gasteiger partial charge in [0.05, 0.1) is 11.2 Å². The van der Waals surface area contributed by atoms with Crippen LogP contribution in [0.25, 0.3) is 0 Å². The molecule has 7 heteroatoms. The van der Waals surface area contributed by atoms with Crippen LogP contribution < -0.4 is 5.32 Å². The Balaban J connectivity index is 1.66. The highest BCUT2D eigenvalue weighted by molar-refractivity contribution is 6.30. The van der Waals surface area contributed by atoms with Crippen LogP contribution in [0.5, 0.6) is 0 Å². The summed E-state index contributed by atoms with van der Waals surface area (Å²) in [4.78, 5) is 20.6. The van der Waals surface area contributed by atoms with E-state index >= 15 is 0 Å². The molecule has 0 aromatic carbocycles. The Morgan fingerprint density at radius 2 is 2.35 bits per heavy atom. The van der Waals surface area contributed by atoms with E-state index in [1.165, 1.54) is 6.20 Å². The minimum absolute atomic E-state index is 0.0852. The maximum atomic E-state index is 12.1. The lowest BCUT2D eigenvalue weighted by atomic mass is 10.2. The summed E-state index contributed by atoms with van der Waals surface area (Å²) in [5, 5.41) is 10.6. The quantitative estimate of drug-likeness (QED) is 0.934. The largest absolute Gasteiger partial charge is 0.309 e. The SMILES string of the molecule is Cc1ccnc(C2C[C@@H]2C(=O)Nc2cc(Cl)cnn2)n1. The number of carbonyl (C=O) groups excluding carboxylic acids is 1. The van der Waals surface area contributed by atoms with Crippen LogP contribution in [0.4, 0.5) is 5.82 Å². The summed E-state index contributed by atoms with van der Waals surface area (Å²) in [5.41, 5.74) is 0.904. The summed E-state index contributed by atoms with van der Waals surface area (Å²) in [6.07, 6.45) is 3.88. The Labute approximate surface area is 120 Å². The van der Waals surface area contributed by atoms with Crippen molar-refractivity contribution in [2.24, 2.45) is 5.92 Å². The molecule has 1 fully saturated rings. The minimum Gasteiger partial charge on any atom is -0.309 e. The molecule has 0 saturated heterocycles. The lowest BCUT2D eigenvalue weighted by molar-refractivity contribution is -0.117. The van der Waals surface area contributed by atoms with Gasteiger partial charge in [-0.25, -0.2) is 9.97 Å². The zero-order chi connectivity index (χ0) is 14.1. The molecule has 6 nitrogen and oxygen atoms in total. The molecule has 1 unspecified atom stereocenters. The normalized spacial score (nSPS) is 20.5. The van der Waals surface area contributed by atoms with Crippen molar-refractivity contribution in [3.63, 3.8) is 0 Å². The van der Waals surface area contributed by atoms with Gasteiger partial charge in [-0.3, -0.25) is 4.79 Å². The van der Waals surface area contributed by atoms with Gasteiger partial charge in [-0.05, 0) is 19.4 Å². The van der Waals surface area contributed by atoms with Gasteiger partial charge in [0.25, 0.3) is 0 Å². The Morgan fingerprint density at radius 3 is 3.10 bits per heavy atom. The lowest BCUT2D eigenvalue weighted by Gasteiger charge is -2.03. The zero-order valence-electron chi connectivity index (χ0n) is 10.7. The fourth-order valence-corrected chi connectivity index (χ4v) is 2.19. The van der Waals surface area contributed by atoms with Gasteiger partial charge in [0.2, 0.25) is 5.91 Å². The van der Waals surface area contributed by atoms with E-state index < -0.39 is 0 Å².